The van der Waals surface area contributed by atoms with Crippen molar-refractivity contribution in [3.8, 4) is 22.9 Å². The van der Waals surface area contributed by atoms with Gasteiger partial charge in [-0.05, 0) is 54.8 Å². The van der Waals surface area contributed by atoms with Crippen molar-refractivity contribution in [1.29, 1.82) is 5.26 Å². The van der Waals surface area contributed by atoms with Gasteiger partial charge in [0.1, 0.15) is 5.65 Å². The summed E-state index contributed by atoms with van der Waals surface area (Å²) in [5, 5.41) is 11.1. The minimum Gasteiger partial charge on any atom is -0.357 e. The minimum atomic E-state index is -5.19. The minimum absolute atomic E-state index is 0.129. The number of benzene rings is 2. The Hall–Kier alpha value is -4.23. The molecular weight excluding hydrogens is 471 g/mol. The third-order valence-corrected chi connectivity index (χ3v) is 6.47. The number of nitriles is 1. The number of H-pyrrole nitrogens is 1. The number of nitrogens with zero attached hydrogens (tertiary/aromatic N) is 3. The number of hydrogen-bond donors (Lipinski definition) is 1. The SMILES string of the molecule is CCc1cc2c(=O)c3c4ccc(C#N)cc4[nH]c3n(CC)c2cc1-c1cncc(OS(=O)(=O)F)c1. The number of nitrogens with one attached hydrogen (secondary N) is 1. The van der Waals surface area contributed by atoms with Gasteiger partial charge in [0.15, 0.2) is 11.2 Å². The second-order valence-electron chi connectivity index (χ2n) is 8.06. The summed E-state index contributed by atoms with van der Waals surface area (Å²) < 4.78 is 41.3. The topological polar surface area (TPSA) is 118 Å². The maximum Gasteiger partial charge on any atom is 0.488 e. The summed E-state index contributed by atoms with van der Waals surface area (Å²) in [5.74, 6) is -0.251. The highest BCUT2D eigenvalue weighted by Gasteiger charge is 2.19. The van der Waals surface area contributed by atoms with E-state index in [0.717, 1.165) is 22.7 Å². The van der Waals surface area contributed by atoms with E-state index in [0.29, 0.717) is 51.5 Å². The Balaban J connectivity index is 1.84. The third kappa shape index (κ3) is 3.80. The summed E-state index contributed by atoms with van der Waals surface area (Å²) in [4.78, 5) is 21.0. The first-order chi connectivity index (χ1) is 16.7. The fourth-order valence-corrected chi connectivity index (χ4v) is 4.92. The molecule has 0 atom stereocenters. The zero-order valence-electron chi connectivity index (χ0n) is 18.8. The lowest BCUT2D eigenvalue weighted by Crippen LogP contribution is -2.11. The second-order valence-corrected chi connectivity index (χ2v) is 9.01. The van der Waals surface area contributed by atoms with Crippen LogP contribution < -0.4 is 9.61 Å². The molecule has 0 spiro atoms. The number of rotatable bonds is 5. The molecule has 35 heavy (non-hydrogen) atoms. The quantitative estimate of drug-likeness (QED) is 0.356. The van der Waals surface area contributed by atoms with E-state index in [1.165, 1.54) is 12.3 Å². The van der Waals surface area contributed by atoms with Crippen molar-refractivity contribution in [2.45, 2.75) is 26.8 Å². The average Bonchev–Trinajstić information content (AvgIpc) is 3.21. The molecule has 5 rings (SSSR count). The number of aromatic nitrogens is 3. The first kappa shape index (κ1) is 22.6. The zero-order valence-corrected chi connectivity index (χ0v) is 19.6. The maximum absolute atomic E-state index is 13.7. The van der Waals surface area contributed by atoms with Crippen LogP contribution >= 0.6 is 0 Å². The lowest BCUT2D eigenvalue weighted by atomic mass is 9.96. The Morgan fingerprint density at radius 3 is 2.63 bits per heavy atom. The van der Waals surface area contributed by atoms with E-state index in [4.69, 9.17) is 0 Å². The van der Waals surface area contributed by atoms with E-state index >= 15 is 0 Å². The number of pyridine rings is 2. The zero-order chi connectivity index (χ0) is 24.9. The second kappa shape index (κ2) is 8.21. The Bertz CT molecular complexity index is 1870. The van der Waals surface area contributed by atoms with Crippen molar-refractivity contribution in [3.05, 3.63) is 70.1 Å². The van der Waals surface area contributed by atoms with Gasteiger partial charge in [0, 0.05) is 34.6 Å². The van der Waals surface area contributed by atoms with Gasteiger partial charge in [0.05, 0.1) is 28.7 Å². The lowest BCUT2D eigenvalue weighted by molar-refractivity contribution is 0.439. The van der Waals surface area contributed by atoms with Crippen molar-refractivity contribution in [1.82, 2.24) is 14.5 Å². The molecule has 0 aliphatic heterocycles. The molecule has 8 nitrogen and oxygen atoms in total. The largest absolute Gasteiger partial charge is 0.488 e. The van der Waals surface area contributed by atoms with Crippen molar-refractivity contribution >= 4 is 43.3 Å². The Labute approximate surface area is 199 Å². The molecule has 10 heteroatoms. The summed E-state index contributed by atoms with van der Waals surface area (Å²) in [6.07, 6.45) is 3.22. The summed E-state index contributed by atoms with van der Waals surface area (Å²) >= 11 is 0. The molecule has 176 valence electrons. The molecule has 3 aromatic heterocycles. The molecule has 0 bridgehead atoms. The van der Waals surface area contributed by atoms with E-state index in [-0.39, 0.29) is 11.2 Å². The van der Waals surface area contributed by atoms with Gasteiger partial charge < -0.3 is 13.7 Å². The van der Waals surface area contributed by atoms with Crippen molar-refractivity contribution in [3.63, 3.8) is 0 Å². The van der Waals surface area contributed by atoms with E-state index in [1.807, 2.05) is 30.5 Å². The molecule has 0 radical (unpaired) electrons. The summed E-state index contributed by atoms with van der Waals surface area (Å²) in [6, 6.07) is 12.4. The van der Waals surface area contributed by atoms with Crippen molar-refractivity contribution in [2.75, 3.05) is 0 Å². The molecule has 0 saturated heterocycles. The van der Waals surface area contributed by atoms with Crippen LogP contribution in [-0.2, 0) is 23.5 Å². The van der Waals surface area contributed by atoms with Crippen LogP contribution in [0.1, 0.15) is 25.0 Å². The molecule has 1 N–H and O–H groups in total. The Morgan fingerprint density at radius 1 is 1.14 bits per heavy atom. The van der Waals surface area contributed by atoms with Crippen LogP contribution in [0.5, 0.6) is 5.75 Å². The molecule has 0 amide bonds. The lowest BCUT2D eigenvalue weighted by Gasteiger charge is -2.15. The number of aryl methyl sites for hydroxylation is 2. The standard InChI is InChI=1S/C25H19FN4O4S/c1-3-15-9-20-22(10-19(15)16-8-17(13-28-12-16)34-35(26,32)33)30(4-2)25-23(24(20)31)18-6-5-14(11-27)7-21(18)29-25/h5-10,12-13,29H,3-4H2,1-2H3. The molecule has 3 heterocycles. The van der Waals surface area contributed by atoms with E-state index in [2.05, 4.69) is 20.2 Å². The van der Waals surface area contributed by atoms with Crippen LogP contribution in [0.15, 0.2) is 53.6 Å². The first-order valence-electron chi connectivity index (χ1n) is 10.9. The molecule has 0 unspecified atom stereocenters. The van der Waals surface area contributed by atoms with Gasteiger partial charge in [-0.25, -0.2) is 0 Å². The normalized spacial score (nSPS) is 11.8. The third-order valence-electron chi connectivity index (χ3n) is 6.08. The van der Waals surface area contributed by atoms with Crippen LogP contribution in [0.25, 0.3) is 44.0 Å². The van der Waals surface area contributed by atoms with Crippen LogP contribution in [-0.4, -0.2) is 23.0 Å². The number of fused-ring (bicyclic) bond motifs is 4. The molecule has 0 aliphatic rings. The van der Waals surface area contributed by atoms with Gasteiger partial charge in [0.25, 0.3) is 0 Å². The molecule has 0 saturated carbocycles. The molecular formula is C25H19FN4O4S. The number of aromatic amines is 1. The van der Waals surface area contributed by atoms with Gasteiger partial charge in [0.2, 0.25) is 0 Å². The van der Waals surface area contributed by atoms with Crippen molar-refractivity contribution in [2.24, 2.45) is 0 Å². The summed E-state index contributed by atoms with van der Waals surface area (Å²) in [7, 11) is -5.19. The number of hydrogen-bond acceptors (Lipinski definition) is 6. The van der Waals surface area contributed by atoms with Crippen molar-refractivity contribution < 1.29 is 16.5 Å². The van der Waals surface area contributed by atoms with Crippen LogP contribution in [0, 0.1) is 11.3 Å². The van der Waals surface area contributed by atoms with Gasteiger partial charge in [-0.3, -0.25) is 9.78 Å². The Kier molecular flexibility index (Phi) is 5.29. The van der Waals surface area contributed by atoms with Gasteiger partial charge in [-0.2, -0.15) is 13.7 Å². The first-order valence-corrected chi connectivity index (χ1v) is 12.2. The highest BCUT2D eigenvalue weighted by Crippen LogP contribution is 2.33. The molecule has 0 aliphatic carbocycles. The van der Waals surface area contributed by atoms with Crippen LogP contribution in [0.4, 0.5) is 3.89 Å². The van der Waals surface area contributed by atoms with E-state index in [9.17, 15) is 22.4 Å². The average molecular weight is 491 g/mol. The molecule has 5 aromatic rings. The van der Waals surface area contributed by atoms with E-state index in [1.54, 1.807) is 18.2 Å². The monoisotopic (exact) mass is 490 g/mol. The highest BCUT2D eigenvalue weighted by atomic mass is 32.3. The van der Waals surface area contributed by atoms with Gasteiger partial charge in [-0.15, -0.1) is 0 Å². The smallest absolute Gasteiger partial charge is 0.357 e. The number of halogens is 1. The molecule has 0 fully saturated rings. The highest BCUT2D eigenvalue weighted by molar-refractivity contribution is 7.81. The fourth-order valence-electron chi connectivity index (χ4n) is 4.59. The predicted molar refractivity (Wildman–Crippen MR) is 131 cm³/mol. The van der Waals surface area contributed by atoms with Crippen LogP contribution in [0.3, 0.4) is 0 Å². The Morgan fingerprint density at radius 2 is 1.94 bits per heavy atom. The molecule has 2 aromatic carbocycles. The van der Waals surface area contributed by atoms with E-state index < -0.39 is 10.5 Å². The summed E-state index contributed by atoms with van der Waals surface area (Å²) in [6.45, 7) is 4.46. The predicted octanol–water partition coefficient (Wildman–Crippen LogP) is 4.75. The maximum atomic E-state index is 13.7. The summed E-state index contributed by atoms with van der Waals surface area (Å²) in [5.41, 5.74) is 4.46. The van der Waals surface area contributed by atoms with Crippen LogP contribution in [0.2, 0.25) is 0 Å². The van der Waals surface area contributed by atoms with Gasteiger partial charge in [-0.1, -0.05) is 16.9 Å². The fraction of sp³-hybridized carbons (Fsp3) is 0.160. The van der Waals surface area contributed by atoms with Gasteiger partial charge >= 0.3 is 10.5 Å².